The Hall–Kier alpha value is -3.55. The van der Waals surface area contributed by atoms with Gasteiger partial charge in [0, 0.05) is 38.0 Å². The molecule has 0 aliphatic carbocycles. The van der Waals surface area contributed by atoms with E-state index in [1.165, 1.54) is 11.0 Å². The van der Waals surface area contributed by atoms with Gasteiger partial charge in [-0.2, -0.15) is 5.10 Å². The van der Waals surface area contributed by atoms with E-state index in [1.54, 1.807) is 6.20 Å². The maximum Gasteiger partial charge on any atom is 0.227 e. The van der Waals surface area contributed by atoms with Gasteiger partial charge in [-0.1, -0.05) is 24.3 Å². The van der Waals surface area contributed by atoms with Crippen LogP contribution in [0.1, 0.15) is 17.5 Å². The second kappa shape index (κ2) is 8.44. The Kier molecular flexibility index (Phi) is 5.56. The first kappa shape index (κ1) is 19.8. The zero-order chi connectivity index (χ0) is 21.1. The Morgan fingerprint density at radius 1 is 1.13 bits per heavy atom. The topological polar surface area (TPSA) is 67.2 Å². The van der Waals surface area contributed by atoms with Gasteiger partial charge in [0.25, 0.3) is 0 Å². The Morgan fingerprint density at radius 3 is 2.60 bits per heavy atom. The number of halogens is 2. The van der Waals surface area contributed by atoms with Crippen molar-refractivity contribution in [2.75, 3.05) is 11.4 Å². The number of carbonyl (C=O) groups excluding carboxylic acids is 2. The van der Waals surface area contributed by atoms with Crippen molar-refractivity contribution in [2.24, 2.45) is 5.92 Å². The lowest BCUT2D eigenvalue weighted by Gasteiger charge is -2.17. The molecule has 1 saturated heterocycles. The van der Waals surface area contributed by atoms with E-state index in [1.807, 2.05) is 41.2 Å². The van der Waals surface area contributed by atoms with Gasteiger partial charge in [-0.25, -0.2) is 8.78 Å². The first-order valence-electron chi connectivity index (χ1n) is 9.58. The van der Waals surface area contributed by atoms with Crippen LogP contribution in [0.3, 0.4) is 0 Å². The molecule has 8 heteroatoms. The molecule has 1 aromatic heterocycles. The number of amides is 2. The van der Waals surface area contributed by atoms with Crippen molar-refractivity contribution in [1.82, 2.24) is 15.1 Å². The zero-order valence-electron chi connectivity index (χ0n) is 16.1. The third kappa shape index (κ3) is 4.37. The lowest BCUT2D eigenvalue weighted by atomic mass is 10.1. The SMILES string of the molecule is O=C(NCc1ccc(Cn2cccn2)cc1)C1CC(=O)N(c2ccc(F)cc2F)C1. The van der Waals surface area contributed by atoms with Crippen LogP contribution in [0.25, 0.3) is 0 Å². The molecule has 1 unspecified atom stereocenters. The molecule has 154 valence electrons. The minimum absolute atomic E-state index is 0.00847. The van der Waals surface area contributed by atoms with Gasteiger partial charge in [0.15, 0.2) is 0 Å². The summed E-state index contributed by atoms with van der Waals surface area (Å²) in [5.41, 5.74) is 2.01. The highest BCUT2D eigenvalue weighted by atomic mass is 19.1. The van der Waals surface area contributed by atoms with E-state index in [9.17, 15) is 18.4 Å². The summed E-state index contributed by atoms with van der Waals surface area (Å²) in [6.45, 7) is 1.06. The van der Waals surface area contributed by atoms with E-state index in [0.717, 1.165) is 23.3 Å². The van der Waals surface area contributed by atoms with Crippen molar-refractivity contribution in [3.05, 3.63) is 83.7 Å². The molecule has 0 radical (unpaired) electrons. The number of anilines is 1. The van der Waals surface area contributed by atoms with Crippen molar-refractivity contribution < 1.29 is 18.4 Å². The molecule has 0 saturated carbocycles. The number of nitrogens with zero attached hydrogens (tertiary/aromatic N) is 3. The molecule has 1 fully saturated rings. The Morgan fingerprint density at radius 2 is 1.90 bits per heavy atom. The molecular formula is C22H20F2N4O2. The molecule has 30 heavy (non-hydrogen) atoms. The summed E-state index contributed by atoms with van der Waals surface area (Å²) in [4.78, 5) is 25.9. The van der Waals surface area contributed by atoms with Gasteiger partial charge in [0.1, 0.15) is 11.6 Å². The van der Waals surface area contributed by atoms with E-state index in [4.69, 9.17) is 0 Å². The number of nitrogens with one attached hydrogen (secondary N) is 1. The summed E-state index contributed by atoms with van der Waals surface area (Å²) >= 11 is 0. The van der Waals surface area contributed by atoms with Crippen LogP contribution < -0.4 is 10.2 Å². The van der Waals surface area contributed by atoms with Gasteiger partial charge >= 0.3 is 0 Å². The third-order valence-corrected chi connectivity index (χ3v) is 5.09. The standard InChI is InChI=1S/C22H20F2N4O2/c23-18-6-7-20(19(24)11-18)28-14-17(10-21(28)29)22(30)25-12-15-2-4-16(5-3-15)13-27-9-1-8-26-27/h1-9,11,17H,10,12-14H2,(H,25,30). The van der Waals surface area contributed by atoms with Gasteiger partial charge in [-0.3, -0.25) is 14.3 Å². The molecule has 0 spiro atoms. The smallest absolute Gasteiger partial charge is 0.227 e. The summed E-state index contributed by atoms with van der Waals surface area (Å²) in [6.07, 6.45) is 3.60. The van der Waals surface area contributed by atoms with Gasteiger partial charge < -0.3 is 10.2 Å². The average molecular weight is 410 g/mol. The maximum absolute atomic E-state index is 14.0. The molecule has 1 atom stereocenters. The number of hydrogen-bond donors (Lipinski definition) is 1. The van der Waals surface area contributed by atoms with E-state index in [-0.39, 0.29) is 30.5 Å². The highest BCUT2D eigenvalue weighted by Gasteiger charge is 2.36. The molecule has 4 rings (SSSR count). The summed E-state index contributed by atoms with van der Waals surface area (Å²) in [5, 5.41) is 7.00. The summed E-state index contributed by atoms with van der Waals surface area (Å²) < 4.78 is 28.9. The van der Waals surface area contributed by atoms with Crippen LogP contribution in [0, 0.1) is 17.6 Å². The molecule has 6 nitrogen and oxygen atoms in total. The Balaban J connectivity index is 1.32. The summed E-state index contributed by atoms with van der Waals surface area (Å²) in [7, 11) is 0. The van der Waals surface area contributed by atoms with Crippen molar-refractivity contribution in [1.29, 1.82) is 0 Å². The predicted octanol–water partition coefficient (Wildman–Crippen LogP) is 2.88. The number of hydrogen-bond acceptors (Lipinski definition) is 3. The Bertz CT molecular complexity index is 1050. The highest BCUT2D eigenvalue weighted by Crippen LogP contribution is 2.28. The largest absolute Gasteiger partial charge is 0.352 e. The molecule has 2 amide bonds. The molecule has 0 bridgehead atoms. The van der Waals surface area contributed by atoms with E-state index in [0.29, 0.717) is 13.1 Å². The fraction of sp³-hybridized carbons (Fsp3) is 0.227. The van der Waals surface area contributed by atoms with Gasteiger partial charge in [-0.05, 0) is 29.3 Å². The quantitative estimate of drug-likeness (QED) is 0.680. The van der Waals surface area contributed by atoms with Crippen molar-refractivity contribution >= 4 is 17.5 Å². The van der Waals surface area contributed by atoms with Crippen LogP contribution in [-0.2, 0) is 22.7 Å². The lowest BCUT2D eigenvalue weighted by molar-refractivity contribution is -0.126. The number of benzene rings is 2. The van der Waals surface area contributed by atoms with E-state index >= 15 is 0 Å². The number of carbonyl (C=O) groups is 2. The van der Waals surface area contributed by atoms with Crippen molar-refractivity contribution in [3.63, 3.8) is 0 Å². The van der Waals surface area contributed by atoms with Crippen LogP contribution in [0.2, 0.25) is 0 Å². The van der Waals surface area contributed by atoms with E-state index < -0.39 is 17.6 Å². The number of rotatable bonds is 6. The summed E-state index contributed by atoms with van der Waals surface area (Å²) in [5.74, 6) is -2.74. The molecule has 3 aromatic rings. The zero-order valence-corrected chi connectivity index (χ0v) is 16.1. The normalized spacial score (nSPS) is 16.1. The highest BCUT2D eigenvalue weighted by molar-refractivity contribution is 6.00. The molecule has 2 aromatic carbocycles. The molecule has 2 heterocycles. The van der Waals surface area contributed by atoms with Crippen LogP contribution in [-0.4, -0.2) is 28.1 Å². The number of aromatic nitrogens is 2. The van der Waals surface area contributed by atoms with Crippen molar-refractivity contribution in [2.45, 2.75) is 19.5 Å². The molecule has 1 aliphatic heterocycles. The Labute approximate surface area is 172 Å². The predicted molar refractivity (Wildman–Crippen MR) is 106 cm³/mol. The molecule has 1 N–H and O–H groups in total. The van der Waals surface area contributed by atoms with Crippen LogP contribution in [0.5, 0.6) is 0 Å². The minimum Gasteiger partial charge on any atom is -0.352 e. The fourth-order valence-corrected chi connectivity index (χ4v) is 3.49. The van der Waals surface area contributed by atoms with Gasteiger partial charge in [0.2, 0.25) is 11.8 Å². The fourth-order valence-electron chi connectivity index (χ4n) is 3.49. The summed E-state index contributed by atoms with van der Waals surface area (Å²) in [6, 6.07) is 12.7. The molecule has 1 aliphatic rings. The van der Waals surface area contributed by atoms with Gasteiger partial charge in [-0.15, -0.1) is 0 Å². The van der Waals surface area contributed by atoms with Crippen molar-refractivity contribution in [3.8, 4) is 0 Å². The van der Waals surface area contributed by atoms with Crippen LogP contribution in [0.15, 0.2) is 60.9 Å². The third-order valence-electron chi connectivity index (χ3n) is 5.09. The maximum atomic E-state index is 14.0. The second-order valence-electron chi connectivity index (χ2n) is 7.24. The van der Waals surface area contributed by atoms with E-state index in [2.05, 4.69) is 10.4 Å². The minimum atomic E-state index is -0.820. The molecular weight excluding hydrogens is 390 g/mol. The lowest BCUT2D eigenvalue weighted by Crippen LogP contribution is -2.32. The first-order valence-corrected chi connectivity index (χ1v) is 9.58. The van der Waals surface area contributed by atoms with Crippen LogP contribution in [0.4, 0.5) is 14.5 Å². The average Bonchev–Trinajstić information content (AvgIpc) is 3.37. The second-order valence-corrected chi connectivity index (χ2v) is 7.24. The first-order chi connectivity index (χ1) is 14.5. The van der Waals surface area contributed by atoms with Gasteiger partial charge in [0.05, 0.1) is 18.2 Å². The monoisotopic (exact) mass is 410 g/mol. The van der Waals surface area contributed by atoms with Crippen LogP contribution >= 0.6 is 0 Å².